The topological polar surface area (TPSA) is 100 Å². The highest BCUT2D eigenvalue weighted by molar-refractivity contribution is 6.02. The number of aromatic amines is 1. The molecule has 0 saturated heterocycles. The minimum absolute atomic E-state index is 0.247. The fourth-order valence-electron chi connectivity index (χ4n) is 2.89. The summed E-state index contributed by atoms with van der Waals surface area (Å²) >= 11 is 0. The zero-order chi connectivity index (χ0) is 20.0. The van der Waals surface area contributed by atoms with E-state index in [4.69, 9.17) is 4.74 Å². The Kier molecular flexibility index (Phi) is 6.76. The summed E-state index contributed by atoms with van der Waals surface area (Å²) < 4.78 is 4.81. The van der Waals surface area contributed by atoms with Crippen molar-refractivity contribution in [1.29, 1.82) is 0 Å². The lowest BCUT2D eigenvalue weighted by molar-refractivity contribution is 0.0598. The molecule has 1 aromatic carbocycles. The molecule has 27 heavy (non-hydrogen) atoms. The van der Waals surface area contributed by atoms with E-state index in [1.807, 2.05) is 26.0 Å². The highest BCUT2D eigenvalue weighted by Crippen LogP contribution is 2.21. The first-order chi connectivity index (χ1) is 12.9. The predicted molar refractivity (Wildman–Crippen MR) is 102 cm³/mol. The van der Waals surface area contributed by atoms with E-state index < -0.39 is 17.8 Å². The van der Waals surface area contributed by atoms with E-state index in [2.05, 4.69) is 15.8 Å². The second kappa shape index (κ2) is 9.02. The number of aromatic nitrogens is 1. The molecular weight excluding hydrogens is 346 g/mol. The molecule has 2 rings (SSSR count). The van der Waals surface area contributed by atoms with E-state index >= 15 is 0 Å². The molecule has 144 valence electrons. The second-order valence-electron chi connectivity index (χ2n) is 6.18. The lowest BCUT2D eigenvalue weighted by Crippen LogP contribution is -2.42. The molecule has 0 atom stereocenters. The van der Waals surface area contributed by atoms with Gasteiger partial charge in [-0.05, 0) is 43.0 Å². The van der Waals surface area contributed by atoms with Gasteiger partial charge < -0.3 is 9.72 Å². The molecule has 0 aliphatic rings. The van der Waals surface area contributed by atoms with Crippen molar-refractivity contribution in [3.05, 3.63) is 57.9 Å². The number of ether oxygens (including phenoxy) is 1. The summed E-state index contributed by atoms with van der Waals surface area (Å²) in [4.78, 5) is 39.7. The lowest BCUT2D eigenvalue weighted by Gasteiger charge is -2.09. The van der Waals surface area contributed by atoms with E-state index in [1.54, 1.807) is 19.1 Å². The fourth-order valence-corrected chi connectivity index (χ4v) is 2.89. The molecule has 1 heterocycles. The number of H-pyrrole nitrogens is 1. The molecular formula is C20H25N3O4. The first-order valence-electron chi connectivity index (χ1n) is 8.92. The first-order valence-corrected chi connectivity index (χ1v) is 8.92. The van der Waals surface area contributed by atoms with Crippen molar-refractivity contribution in [2.24, 2.45) is 0 Å². The van der Waals surface area contributed by atoms with E-state index in [1.165, 1.54) is 7.11 Å². The van der Waals surface area contributed by atoms with Crippen molar-refractivity contribution in [3.63, 3.8) is 0 Å². The largest absolute Gasteiger partial charge is 0.465 e. The summed E-state index contributed by atoms with van der Waals surface area (Å²) in [5.41, 5.74) is 8.12. The molecule has 7 heteroatoms. The summed E-state index contributed by atoms with van der Waals surface area (Å²) in [7, 11) is 1.30. The Morgan fingerprint density at radius 2 is 1.67 bits per heavy atom. The maximum Gasteiger partial charge on any atom is 0.339 e. The molecule has 2 aromatic rings. The van der Waals surface area contributed by atoms with Gasteiger partial charge in [0, 0.05) is 11.3 Å². The molecule has 0 radical (unpaired) electrons. The average Bonchev–Trinajstić information content (AvgIpc) is 3.01. The minimum atomic E-state index is -0.518. The third kappa shape index (κ3) is 4.55. The summed E-state index contributed by atoms with van der Waals surface area (Å²) in [6.45, 7) is 5.69. The van der Waals surface area contributed by atoms with Crippen LogP contribution in [0.4, 0.5) is 0 Å². The van der Waals surface area contributed by atoms with Crippen molar-refractivity contribution in [3.8, 4) is 0 Å². The summed E-state index contributed by atoms with van der Waals surface area (Å²) in [6, 6.07) is 7.15. The molecule has 0 aliphatic carbocycles. The average molecular weight is 371 g/mol. The van der Waals surface area contributed by atoms with E-state index in [0.29, 0.717) is 28.8 Å². The van der Waals surface area contributed by atoms with Gasteiger partial charge in [-0.3, -0.25) is 20.4 Å². The minimum Gasteiger partial charge on any atom is -0.465 e. The quantitative estimate of drug-likeness (QED) is 0.537. The lowest BCUT2D eigenvalue weighted by atomic mass is 10.0. The highest BCUT2D eigenvalue weighted by Gasteiger charge is 2.25. The van der Waals surface area contributed by atoms with Crippen LogP contribution in [-0.2, 0) is 17.6 Å². The normalized spacial score (nSPS) is 10.4. The fraction of sp³-hybridized carbons (Fsp3) is 0.350. The number of esters is 1. The molecule has 3 N–H and O–H groups in total. The Morgan fingerprint density at radius 3 is 2.22 bits per heavy atom. The van der Waals surface area contributed by atoms with E-state index in [9.17, 15) is 14.4 Å². The maximum atomic E-state index is 12.5. The number of hydrazine groups is 1. The van der Waals surface area contributed by atoms with Crippen LogP contribution in [0.5, 0.6) is 0 Å². The van der Waals surface area contributed by atoms with Gasteiger partial charge in [-0.1, -0.05) is 32.4 Å². The van der Waals surface area contributed by atoms with Gasteiger partial charge in [-0.25, -0.2) is 4.79 Å². The number of rotatable bonds is 6. The van der Waals surface area contributed by atoms with Crippen molar-refractivity contribution in [2.75, 3.05) is 7.11 Å². The van der Waals surface area contributed by atoms with Gasteiger partial charge in [0.1, 0.15) is 5.69 Å². The molecule has 0 bridgehead atoms. The van der Waals surface area contributed by atoms with Gasteiger partial charge in [-0.15, -0.1) is 0 Å². The van der Waals surface area contributed by atoms with Crippen LogP contribution >= 0.6 is 0 Å². The monoisotopic (exact) mass is 371 g/mol. The van der Waals surface area contributed by atoms with Crippen molar-refractivity contribution in [2.45, 2.75) is 40.0 Å². The Balaban J connectivity index is 2.15. The molecule has 0 spiro atoms. The van der Waals surface area contributed by atoms with Gasteiger partial charge in [-0.2, -0.15) is 0 Å². The Hall–Kier alpha value is -3.09. The number of carbonyl (C=O) groups excluding carboxylic acids is 3. The Morgan fingerprint density at radius 1 is 1.04 bits per heavy atom. The Labute approximate surface area is 158 Å². The summed E-state index contributed by atoms with van der Waals surface area (Å²) in [5, 5.41) is 0. The smallest absolute Gasteiger partial charge is 0.339 e. The molecule has 2 amide bonds. The van der Waals surface area contributed by atoms with Crippen LogP contribution in [0.1, 0.15) is 68.3 Å². The molecule has 0 aliphatic heterocycles. The second-order valence-corrected chi connectivity index (χ2v) is 6.18. The highest BCUT2D eigenvalue weighted by atomic mass is 16.5. The molecule has 0 saturated carbocycles. The van der Waals surface area contributed by atoms with E-state index in [0.717, 1.165) is 18.4 Å². The zero-order valence-electron chi connectivity index (χ0n) is 16.1. The van der Waals surface area contributed by atoms with Gasteiger partial charge in [0.2, 0.25) is 0 Å². The van der Waals surface area contributed by atoms with Crippen LogP contribution in [0.2, 0.25) is 0 Å². The SMILES string of the molecule is CCCc1c(C(=O)NNC(=O)c2ccc(CC)cc2)[nH]c(C)c1C(=O)OC. The van der Waals surface area contributed by atoms with Crippen molar-refractivity contribution in [1.82, 2.24) is 15.8 Å². The van der Waals surface area contributed by atoms with Crippen molar-refractivity contribution < 1.29 is 19.1 Å². The van der Waals surface area contributed by atoms with E-state index in [-0.39, 0.29) is 5.69 Å². The number of amides is 2. The maximum absolute atomic E-state index is 12.5. The summed E-state index contributed by atoms with van der Waals surface area (Å²) in [5.74, 6) is -1.43. The van der Waals surface area contributed by atoms with Crippen LogP contribution < -0.4 is 10.9 Å². The van der Waals surface area contributed by atoms with Crippen LogP contribution in [-0.4, -0.2) is 29.9 Å². The summed E-state index contributed by atoms with van der Waals surface area (Å²) in [6.07, 6.45) is 2.16. The number of aryl methyl sites for hydroxylation is 2. The first kappa shape index (κ1) is 20.2. The van der Waals surface area contributed by atoms with Crippen LogP contribution in [0, 0.1) is 6.92 Å². The Bertz CT molecular complexity index is 838. The van der Waals surface area contributed by atoms with Crippen LogP contribution in [0.15, 0.2) is 24.3 Å². The number of hydrogen-bond acceptors (Lipinski definition) is 4. The number of benzene rings is 1. The number of hydrogen-bond donors (Lipinski definition) is 3. The predicted octanol–water partition coefficient (Wildman–Crippen LogP) is 2.70. The molecule has 0 unspecified atom stereocenters. The third-order valence-corrected chi connectivity index (χ3v) is 4.32. The molecule has 0 fully saturated rings. The van der Waals surface area contributed by atoms with Gasteiger partial charge in [0.05, 0.1) is 12.7 Å². The van der Waals surface area contributed by atoms with Gasteiger partial charge >= 0.3 is 5.97 Å². The van der Waals surface area contributed by atoms with Crippen LogP contribution in [0.25, 0.3) is 0 Å². The number of carbonyl (C=O) groups is 3. The van der Waals surface area contributed by atoms with Gasteiger partial charge in [0.15, 0.2) is 0 Å². The zero-order valence-corrected chi connectivity index (χ0v) is 16.1. The standard InChI is InChI=1S/C20H25N3O4/c1-5-7-15-16(20(26)27-4)12(3)21-17(15)19(25)23-22-18(24)14-10-8-13(6-2)9-11-14/h8-11,21H,5-7H2,1-4H3,(H,22,24)(H,23,25). The van der Waals surface area contributed by atoms with Gasteiger partial charge in [0.25, 0.3) is 11.8 Å². The third-order valence-electron chi connectivity index (χ3n) is 4.32. The van der Waals surface area contributed by atoms with Crippen molar-refractivity contribution >= 4 is 17.8 Å². The molecule has 7 nitrogen and oxygen atoms in total. The number of nitrogens with one attached hydrogen (secondary N) is 3. The number of methoxy groups -OCH3 is 1. The van der Waals surface area contributed by atoms with Crippen LogP contribution in [0.3, 0.4) is 0 Å². The molecule has 1 aromatic heterocycles.